The van der Waals surface area contributed by atoms with Crippen molar-refractivity contribution < 1.29 is 4.74 Å². The van der Waals surface area contributed by atoms with Crippen LogP contribution in [0.2, 0.25) is 0 Å². The molecule has 1 aliphatic rings. The predicted molar refractivity (Wildman–Crippen MR) is 70.1 cm³/mol. The van der Waals surface area contributed by atoms with Gasteiger partial charge in [-0.1, -0.05) is 36.6 Å². The number of para-hydroxylation sites is 1. The average molecular weight is 245 g/mol. The van der Waals surface area contributed by atoms with Crippen LogP contribution in [0.15, 0.2) is 24.3 Å². The zero-order valence-corrected chi connectivity index (χ0v) is 10.7. The van der Waals surface area contributed by atoms with E-state index in [0.29, 0.717) is 5.92 Å². The lowest BCUT2D eigenvalue weighted by atomic mass is 9.88. The van der Waals surface area contributed by atoms with Crippen LogP contribution in [-0.2, 0) is 4.74 Å². The Labute approximate surface area is 107 Å². The third kappa shape index (κ3) is 2.01. The highest BCUT2D eigenvalue weighted by Gasteiger charge is 2.26. The highest BCUT2D eigenvalue weighted by atomic mass is 16.5. The molecule has 1 saturated carbocycles. The van der Waals surface area contributed by atoms with E-state index in [1.165, 1.54) is 32.1 Å². The van der Waals surface area contributed by atoms with Gasteiger partial charge in [-0.25, -0.2) is 4.68 Å². The lowest BCUT2D eigenvalue weighted by Crippen LogP contribution is -2.24. The zero-order valence-electron chi connectivity index (χ0n) is 10.7. The van der Waals surface area contributed by atoms with Gasteiger partial charge in [0.1, 0.15) is 5.52 Å². The van der Waals surface area contributed by atoms with E-state index in [-0.39, 0.29) is 6.23 Å². The van der Waals surface area contributed by atoms with Crippen molar-refractivity contribution >= 4 is 11.0 Å². The van der Waals surface area contributed by atoms with E-state index < -0.39 is 0 Å². The third-order valence-corrected chi connectivity index (χ3v) is 3.91. The molecule has 96 valence electrons. The normalized spacial score (nSPS) is 19.2. The highest BCUT2D eigenvalue weighted by Crippen LogP contribution is 2.34. The van der Waals surface area contributed by atoms with Crippen LogP contribution in [-0.4, -0.2) is 22.1 Å². The maximum atomic E-state index is 5.70. The number of aromatic nitrogens is 3. The van der Waals surface area contributed by atoms with Gasteiger partial charge >= 0.3 is 0 Å². The van der Waals surface area contributed by atoms with E-state index >= 15 is 0 Å². The lowest BCUT2D eigenvalue weighted by molar-refractivity contribution is -0.0252. The fraction of sp³-hybridized carbons (Fsp3) is 0.571. The number of ether oxygens (including phenoxy) is 1. The Morgan fingerprint density at radius 2 is 2.00 bits per heavy atom. The molecule has 2 aromatic rings. The molecule has 3 rings (SSSR count). The molecule has 0 amide bonds. The van der Waals surface area contributed by atoms with Crippen molar-refractivity contribution in [2.45, 2.75) is 38.3 Å². The van der Waals surface area contributed by atoms with Crippen molar-refractivity contribution in [2.75, 3.05) is 7.11 Å². The molecule has 1 fully saturated rings. The van der Waals surface area contributed by atoms with E-state index in [4.69, 9.17) is 4.74 Å². The quantitative estimate of drug-likeness (QED) is 0.834. The highest BCUT2D eigenvalue weighted by molar-refractivity contribution is 5.73. The summed E-state index contributed by atoms with van der Waals surface area (Å²) in [5.41, 5.74) is 2.00. The van der Waals surface area contributed by atoms with Crippen LogP contribution in [0.1, 0.15) is 38.3 Å². The minimum absolute atomic E-state index is 0.0256. The van der Waals surface area contributed by atoms with Gasteiger partial charge in [-0.2, -0.15) is 0 Å². The fourth-order valence-corrected chi connectivity index (χ4v) is 2.99. The lowest BCUT2D eigenvalue weighted by Gasteiger charge is -2.29. The standard InChI is InChI=1S/C14H19N3O/c1-18-14(11-7-3-2-4-8-11)17-13-10-6-5-9-12(13)15-16-17/h5-6,9-11,14H,2-4,7-8H2,1H3. The molecule has 1 aromatic heterocycles. The first-order valence-electron chi connectivity index (χ1n) is 6.73. The molecule has 1 unspecified atom stereocenters. The van der Waals surface area contributed by atoms with Crippen LogP contribution in [0.4, 0.5) is 0 Å². The maximum Gasteiger partial charge on any atom is 0.155 e. The molecule has 1 aromatic carbocycles. The van der Waals surface area contributed by atoms with E-state index in [1.54, 1.807) is 7.11 Å². The van der Waals surface area contributed by atoms with Crippen LogP contribution in [0.3, 0.4) is 0 Å². The molecule has 1 aliphatic carbocycles. The molecule has 0 bridgehead atoms. The van der Waals surface area contributed by atoms with Crippen molar-refractivity contribution in [3.8, 4) is 0 Å². The molecule has 0 spiro atoms. The molecule has 0 aliphatic heterocycles. The summed E-state index contributed by atoms with van der Waals surface area (Å²) in [4.78, 5) is 0. The van der Waals surface area contributed by atoms with Crippen molar-refractivity contribution in [3.63, 3.8) is 0 Å². The Morgan fingerprint density at radius 3 is 2.78 bits per heavy atom. The van der Waals surface area contributed by atoms with Gasteiger partial charge < -0.3 is 4.74 Å². The minimum Gasteiger partial charge on any atom is -0.359 e. The van der Waals surface area contributed by atoms with Gasteiger partial charge in [-0.05, 0) is 25.0 Å². The molecule has 0 saturated heterocycles. The summed E-state index contributed by atoms with van der Waals surface area (Å²) in [6, 6.07) is 8.07. The Morgan fingerprint density at radius 1 is 1.22 bits per heavy atom. The van der Waals surface area contributed by atoms with Gasteiger partial charge in [-0.15, -0.1) is 5.10 Å². The van der Waals surface area contributed by atoms with Crippen LogP contribution in [0, 0.1) is 5.92 Å². The first-order chi connectivity index (χ1) is 8.90. The third-order valence-electron chi connectivity index (χ3n) is 3.91. The Bertz CT molecular complexity index is 516. The molecule has 1 heterocycles. The summed E-state index contributed by atoms with van der Waals surface area (Å²) >= 11 is 0. The maximum absolute atomic E-state index is 5.70. The molecular formula is C14H19N3O. The summed E-state index contributed by atoms with van der Waals surface area (Å²) < 4.78 is 7.65. The molecule has 4 heteroatoms. The summed E-state index contributed by atoms with van der Waals surface area (Å²) in [6.45, 7) is 0. The first kappa shape index (κ1) is 11.7. The molecular weight excluding hydrogens is 226 g/mol. The molecule has 0 N–H and O–H groups in total. The summed E-state index contributed by atoms with van der Waals surface area (Å²) in [5.74, 6) is 0.564. The van der Waals surface area contributed by atoms with Crippen molar-refractivity contribution in [1.82, 2.24) is 15.0 Å². The van der Waals surface area contributed by atoms with Gasteiger partial charge in [0.15, 0.2) is 6.23 Å². The fourth-order valence-electron chi connectivity index (χ4n) is 2.99. The van der Waals surface area contributed by atoms with Crippen molar-refractivity contribution in [1.29, 1.82) is 0 Å². The van der Waals surface area contributed by atoms with Gasteiger partial charge in [0.05, 0.1) is 5.52 Å². The van der Waals surface area contributed by atoms with Crippen LogP contribution >= 0.6 is 0 Å². The SMILES string of the molecule is COC(C1CCCCC1)n1nnc2ccccc21. The number of hydrogen-bond donors (Lipinski definition) is 0. The Balaban J connectivity index is 1.95. The number of rotatable bonds is 3. The van der Waals surface area contributed by atoms with E-state index in [2.05, 4.69) is 16.4 Å². The van der Waals surface area contributed by atoms with Gasteiger partial charge in [0, 0.05) is 13.0 Å². The van der Waals surface area contributed by atoms with Gasteiger partial charge in [0.2, 0.25) is 0 Å². The summed E-state index contributed by atoms with van der Waals surface area (Å²) in [6.07, 6.45) is 6.44. The van der Waals surface area contributed by atoms with E-state index in [0.717, 1.165) is 11.0 Å². The van der Waals surface area contributed by atoms with E-state index in [9.17, 15) is 0 Å². The van der Waals surface area contributed by atoms with Crippen molar-refractivity contribution in [3.05, 3.63) is 24.3 Å². The second kappa shape index (κ2) is 5.06. The molecule has 0 radical (unpaired) electrons. The number of hydrogen-bond acceptors (Lipinski definition) is 3. The van der Waals surface area contributed by atoms with Gasteiger partial charge in [-0.3, -0.25) is 0 Å². The number of methoxy groups -OCH3 is 1. The predicted octanol–water partition coefficient (Wildman–Crippen LogP) is 3.16. The van der Waals surface area contributed by atoms with Crippen LogP contribution in [0.5, 0.6) is 0 Å². The second-order valence-electron chi connectivity index (χ2n) is 5.05. The summed E-state index contributed by atoms with van der Waals surface area (Å²) in [5, 5.41) is 8.50. The van der Waals surface area contributed by atoms with Crippen LogP contribution < -0.4 is 0 Å². The van der Waals surface area contributed by atoms with E-state index in [1.807, 2.05) is 22.9 Å². The smallest absolute Gasteiger partial charge is 0.155 e. The van der Waals surface area contributed by atoms with Crippen LogP contribution in [0.25, 0.3) is 11.0 Å². The number of benzene rings is 1. The Kier molecular flexibility index (Phi) is 3.28. The first-order valence-corrected chi connectivity index (χ1v) is 6.73. The topological polar surface area (TPSA) is 39.9 Å². The Hall–Kier alpha value is -1.42. The minimum atomic E-state index is 0.0256. The number of nitrogens with zero attached hydrogens (tertiary/aromatic N) is 3. The largest absolute Gasteiger partial charge is 0.359 e. The number of fused-ring (bicyclic) bond motifs is 1. The average Bonchev–Trinajstić information content (AvgIpc) is 2.85. The second-order valence-corrected chi connectivity index (χ2v) is 5.05. The monoisotopic (exact) mass is 245 g/mol. The summed E-state index contributed by atoms with van der Waals surface area (Å²) in [7, 11) is 1.77. The van der Waals surface area contributed by atoms with Gasteiger partial charge in [0.25, 0.3) is 0 Å². The zero-order chi connectivity index (χ0) is 12.4. The molecule has 18 heavy (non-hydrogen) atoms. The molecule has 1 atom stereocenters. The van der Waals surface area contributed by atoms with Crippen molar-refractivity contribution in [2.24, 2.45) is 5.92 Å². The molecule has 4 nitrogen and oxygen atoms in total.